The number of halogens is 1. The van der Waals surface area contributed by atoms with Crippen molar-refractivity contribution in [2.24, 2.45) is 0 Å². The van der Waals surface area contributed by atoms with Gasteiger partial charge < -0.3 is 10.4 Å². The third kappa shape index (κ3) is 5.59. The molecule has 0 saturated carbocycles. The molecule has 1 aliphatic carbocycles. The zero-order valence-corrected chi connectivity index (χ0v) is 22.1. The largest absolute Gasteiger partial charge is 0.478 e. The maximum Gasteiger partial charge on any atom is 0.335 e. The molecule has 0 saturated heterocycles. The zero-order valence-electron chi connectivity index (χ0n) is 22.1. The molecule has 0 aromatic heterocycles. The quantitative estimate of drug-likeness (QED) is 0.256. The Labute approximate surface area is 222 Å². The Bertz CT molecular complexity index is 1420. The van der Waals surface area contributed by atoms with Crippen molar-refractivity contribution in [1.29, 1.82) is 0 Å². The van der Waals surface area contributed by atoms with Crippen LogP contribution in [-0.4, -0.2) is 22.8 Å². The molecule has 0 atom stereocenters. The van der Waals surface area contributed by atoms with Crippen LogP contribution in [0.3, 0.4) is 0 Å². The van der Waals surface area contributed by atoms with Crippen LogP contribution < -0.4 is 5.32 Å². The first-order valence-electron chi connectivity index (χ1n) is 12.6. The predicted molar refractivity (Wildman–Crippen MR) is 148 cm³/mol. The van der Waals surface area contributed by atoms with E-state index in [1.165, 1.54) is 18.2 Å². The van der Waals surface area contributed by atoms with Gasteiger partial charge in [0.25, 0.3) is 5.91 Å². The van der Waals surface area contributed by atoms with Gasteiger partial charge in [0.15, 0.2) is 5.78 Å². The Morgan fingerprint density at radius 3 is 2.08 bits per heavy atom. The van der Waals surface area contributed by atoms with Gasteiger partial charge in [-0.15, -0.1) is 0 Å². The topological polar surface area (TPSA) is 83.5 Å². The number of carbonyl (C=O) groups excluding carboxylic acids is 2. The fourth-order valence-electron chi connectivity index (χ4n) is 4.98. The van der Waals surface area contributed by atoms with Crippen LogP contribution in [0.5, 0.6) is 0 Å². The van der Waals surface area contributed by atoms with E-state index in [0.717, 1.165) is 24.0 Å². The highest BCUT2D eigenvalue weighted by Crippen LogP contribution is 2.49. The van der Waals surface area contributed by atoms with Crippen LogP contribution in [0.25, 0.3) is 6.08 Å². The lowest BCUT2D eigenvalue weighted by molar-refractivity contribution is 0.0696. The SMILES string of the molecule is CC1(C)CCC(C)(C)c2c(NC(=O)c3ccc(CF)cc3)cc(C(=O)/C=C/c3ccc(C(=O)O)cc3)cc21. The number of rotatable bonds is 7. The number of carboxylic acid groups (broad SMARTS) is 1. The summed E-state index contributed by atoms with van der Waals surface area (Å²) >= 11 is 0. The van der Waals surface area contributed by atoms with Crippen molar-refractivity contribution in [2.45, 2.75) is 58.0 Å². The maximum absolute atomic E-state index is 13.3. The number of benzene rings is 3. The molecule has 6 heteroatoms. The minimum atomic E-state index is -1.01. The lowest BCUT2D eigenvalue weighted by Crippen LogP contribution is -2.35. The van der Waals surface area contributed by atoms with Gasteiger partial charge in [0.1, 0.15) is 6.67 Å². The average Bonchev–Trinajstić information content (AvgIpc) is 2.89. The Morgan fingerprint density at radius 1 is 0.868 bits per heavy atom. The van der Waals surface area contributed by atoms with Crippen molar-refractivity contribution in [3.63, 3.8) is 0 Å². The molecule has 0 spiro atoms. The number of nitrogens with one attached hydrogen (secondary N) is 1. The first-order valence-corrected chi connectivity index (χ1v) is 12.6. The van der Waals surface area contributed by atoms with Gasteiger partial charge in [0.05, 0.1) is 5.56 Å². The molecule has 5 nitrogen and oxygen atoms in total. The van der Waals surface area contributed by atoms with Crippen molar-refractivity contribution in [1.82, 2.24) is 0 Å². The number of hydrogen-bond donors (Lipinski definition) is 2. The molecule has 3 aromatic rings. The van der Waals surface area contributed by atoms with E-state index in [2.05, 4.69) is 33.0 Å². The van der Waals surface area contributed by atoms with E-state index >= 15 is 0 Å². The number of amides is 1. The summed E-state index contributed by atoms with van der Waals surface area (Å²) in [7, 11) is 0. The first kappa shape index (κ1) is 27.0. The normalized spacial score (nSPS) is 15.6. The van der Waals surface area contributed by atoms with Crippen molar-refractivity contribution in [3.05, 3.63) is 106 Å². The molecule has 1 amide bonds. The van der Waals surface area contributed by atoms with Crippen LogP contribution in [0.1, 0.15) is 93.9 Å². The fraction of sp³-hybridized carbons (Fsp3) is 0.281. The highest BCUT2D eigenvalue weighted by molar-refractivity contribution is 6.09. The smallest absolute Gasteiger partial charge is 0.335 e. The second-order valence-corrected chi connectivity index (χ2v) is 11.1. The third-order valence-electron chi connectivity index (χ3n) is 7.41. The Kier molecular flexibility index (Phi) is 7.36. The Hall–Kier alpha value is -4.06. The molecule has 196 valence electrons. The van der Waals surface area contributed by atoms with Crippen LogP contribution in [-0.2, 0) is 17.5 Å². The summed E-state index contributed by atoms with van der Waals surface area (Å²) in [6.45, 7) is 8.00. The van der Waals surface area contributed by atoms with Crippen LogP contribution >= 0.6 is 0 Å². The first-order chi connectivity index (χ1) is 17.9. The fourth-order valence-corrected chi connectivity index (χ4v) is 4.98. The zero-order chi connectivity index (χ0) is 27.7. The van der Waals surface area contributed by atoms with E-state index in [9.17, 15) is 18.8 Å². The number of aromatic carboxylic acids is 1. The number of hydrogen-bond acceptors (Lipinski definition) is 3. The van der Waals surface area contributed by atoms with Gasteiger partial charge in [-0.2, -0.15) is 0 Å². The molecule has 0 bridgehead atoms. The second-order valence-electron chi connectivity index (χ2n) is 11.1. The van der Waals surface area contributed by atoms with Gasteiger partial charge in [0, 0.05) is 16.8 Å². The summed E-state index contributed by atoms with van der Waals surface area (Å²) in [6.07, 6.45) is 4.97. The number of fused-ring (bicyclic) bond motifs is 1. The molecular formula is C32H32FNO4. The molecule has 0 heterocycles. The second kappa shape index (κ2) is 10.4. The average molecular weight is 514 g/mol. The number of ketones is 1. The third-order valence-corrected chi connectivity index (χ3v) is 7.41. The van der Waals surface area contributed by atoms with E-state index in [0.29, 0.717) is 27.9 Å². The van der Waals surface area contributed by atoms with Gasteiger partial charge in [-0.25, -0.2) is 9.18 Å². The van der Waals surface area contributed by atoms with Gasteiger partial charge in [-0.1, -0.05) is 58.0 Å². The minimum Gasteiger partial charge on any atom is -0.478 e. The van der Waals surface area contributed by atoms with Crippen LogP contribution in [0.15, 0.2) is 66.7 Å². The van der Waals surface area contributed by atoms with Crippen LogP contribution in [0.4, 0.5) is 10.1 Å². The summed E-state index contributed by atoms with van der Waals surface area (Å²) in [6, 6.07) is 16.3. The molecule has 0 radical (unpaired) electrons. The lowest BCUT2D eigenvalue weighted by Gasteiger charge is -2.43. The van der Waals surface area contributed by atoms with Gasteiger partial charge in [-0.3, -0.25) is 9.59 Å². The highest BCUT2D eigenvalue weighted by atomic mass is 19.1. The Balaban J connectivity index is 1.73. The van der Waals surface area contributed by atoms with Crippen LogP contribution in [0, 0.1) is 0 Å². The van der Waals surface area contributed by atoms with Gasteiger partial charge in [0.2, 0.25) is 0 Å². The molecule has 1 aliphatic rings. The van der Waals surface area contributed by atoms with Crippen molar-refractivity contribution in [3.8, 4) is 0 Å². The lowest BCUT2D eigenvalue weighted by atomic mass is 9.62. The molecule has 3 aromatic carbocycles. The number of carboxylic acids is 1. The van der Waals surface area contributed by atoms with E-state index in [1.54, 1.807) is 48.5 Å². The van der Waals surface area contributed by atoms with E-state index in [-0.39, 0.29) is 28.1 Å². The number of carbonyl (C=O) groups is 3. The molecule has 4 rings (SSSR count). The molecule has 0 aliphatic heterocycles. The highest BCUT2D eigenvalue weighted by Gasteiger charge is 2.39. The molecular weight excluding hydrogens is 481 g/mol. The summed E-state index contributed by atoms with van der Waals surface area (Å²) in [5, 5.41) is 12.1. The summed E-state index contributed by atoms with van der Waals surface area (Å²) in [5.74, 6) is -1.56. The van der Waals surface area contributed by atoms with Gasteiger partial charge in [-0.05, 0) is 88.4 Å². The number of alkyl halides is 1. The van der Waals surface area contributed by atoms with Gasteiger partial charge >= 0.3 is 5.97 Å². The predicted octanol–water partition coefficient (Wildman–Crippen LogP) is 7.35. The van der Waals surface area contributed by atoms with E-state index < -0.39 is 12.6 Å². The summed E-state index contributed by atoms with van der Waals surface area (Å²) in [4.78, 5) is 37.6. The summed E-state index contributed by atoms with van der Waals surface area (Å²) < 4.78 is 12.9. The molecule has 38 heavy (non-hydrogen) atoms. The standard InChI is InChI=1S/C32H32FNO4/c1-31(2)15-16-32(3,4)28-25(31)17-24(27(35)14-9-20-5-12-23(13-6-20)30(37)38)18-26(28)34-29(36)22-10-7-21(19-33)8-11-22/h5-14,17-18H,15-16,19H2,1-4H3,(H,34,36)(H,37,38)/b14-9+. The number of anilines is 1. The van der Waals surface area contributed by atoms with E-state index in [1.807, 2.05) is 6.07 Å². The van der Waals surface area contributed by atoms with E-state index in [4.69, 9.17) is 5.11 Å². The summed E-state index contributed by atoms with van der Waals surface area (Å²) in [5.41, 5.74) is 4.48. The molecule has 0 unspecified atom stereocenters. The minimum absolute atomic E-state index is 0.174. The van der Waals surface area contributed by atoms with Crippen molar-refractivity contribution < 1.29 is 23.9 Å². The number of allylic oxidation sites excluding steroid dienone is 1. The monoisotopic (exact) mass is 513 g/mol. The van der Waals surface area contributed by atoms with Crippen molar-refractivity contribution in [2.75, 3.05) is 5.32 Å². The van der Waals surface area contributed by atoms with Crippen molar-refractivity contribution >= 4 is 29.4 Å². The molecule has 2 N–H and O–H groups in total. The van der Waals surface area contributed by atoms with Crippen LogP contribution in [0.2, 0.25) is 0 Å². The maximum atomic E-state index is 13.3. The Morgan fingerprint density at radius 2 is 1.47 bits per heavy atom. The molecule has 0 fully saturated rings.